The third-order valence-corrected chi connectivity index (χ3v) is 2.28. The number of aryl methyl sites for hydroxylation is 1. The summed E-state index contributed by atoms with van der Waals surface area (Å²) in [7, 11) is 0. The van der Waals surface area contributed by atoms with Crippen LogP contribution in [0.2, 0.25) is 0 Å². The normalized spacial score (nSPS) is 10.8. The van der Waals surface area contributed by atoms with E-state index in [9.17, 15) is 0 Å². The summed E-state index contributed by atoms with van der Waals surface area (Å²) < 4.78 is 0. The van der Waals surface area contributed by atoms with Gasteiger partial charge in [0.1, 0.15) is 11.6 Å². The Hall–Kier alpha value is -1.16. The van der Waals surface area contributed by atoms with Gasteiger partial charge < -0.3 is 10.4 Å². The van der Waals surface area contributed by atoms with Crippen molar-refractivity contribution in [3.8, 4) is 0 Å². The van der Waals surface area contributed by atoms with E-state index in [0.717, 1.165) is 36.7 Å². The SMILES string of the molecule is Cc1cc(NCCCCO)nc(C(C)C)n1. The molecule has 0 radical (unpaired) electrons. The van der Waals surface area contributed by atoms with E-state index in [1.165, 1.54) is 0 Å². The lowest BCUT2D eigenvalue weighted by atomic mass is 10.2. The van der Waals surface area contributed by atoms with Gasteiger partial charge >= 0.3 is 0 Å². The minimum atomic E-state index is 0.252. The van der Waals surface area contributed by atoms with E-state index in [-0.39, 0.29) is 6.61 Å². The van der Waals surface area contributed by atoms with Crippen LogP contribution in [0.4, 0.5) is 5.82 Å². The van der Waals surface area contributed by atoms with Gasteiger partial charge in [0.2, 0.25) is 0 Å². The molecule has 0 aromatic carbocycles. The van der Waals surface area contributed by atoms with Gasteiger partial charge in [-0.25, -0.2) is 9.97 Å². The lowest BCUT2D eigenvalue weighted by Crippen LogP contribution is -2.08. The molecule has 2 N–H and O–H groups in total. The first-order chi connectivity index (χ1) is 7.63. The van der Waals surface area contributed by atoms with Crippen LogP contribution in [0.5, 0.6) is 0 Å². The quantitative estimate of drug-likeness (QED) is 0.725. The summed E-state index contributed by atoms with van der Waals surface area (Å²) in [6, 6.07) is 1.95. The maximum absolute atomic E-state index is 8.67. The lowest BCUT2D eigenvalue weighted by molar-refractivity contribution is 0.286. The smallest absolute Gasteiger partial charge is 0.133 e. The Morgan fingerprint density at radius 3 is 2.69 bits per heavy atom. The van der Waals surface area contributed by atoms with Gasteiger partial charge in [0, 0.05) is 30.8 Å². The fourth-order valence-corrected chi connectivity index (χ4v) is 1.39. The van der Waals surface area contributed by atoms with Crippen LogP contribution in [0, 0.1) is 6.92 Å². The lowest BCUT2D eigenvalue weighted by Gasteiger charge is -2.09. The van der Waals surface area contributed by atoms with Crippen molar-refractivity contribution in [1.82, 2.24) is 9.97 Å². The van der Waals surface area contributed by atoms with E-state index in [0.29, 0.717) is 5.92 Å². The van der Waals surface area contributed by atoms with Gasteiger partial charge in [0.25, 0.3) is 0 Å². The van der Waals surface area contributed by atoms with Gasteiger partial charge in [0.15, 0.2) is 0 Å². The molecule has 0 atom stereocenters. The molecule has 0 unspecified atom stereocenters. The molecule has 0 bridgehead atoms. The number of hydrogen-bond acceptors (Lipinski definition) is 4. The summed E-state index contributed by atoms with van der Waals surface area (Å²) in [6.07, 6.45) is 1.78. The first-order valence-electron chi connectivity index (χ1n) is 5.83. The molecule has 0 aliphatic heterocycles. The van der Waals surface area contributed by atoms with Gasteiger partial charge in [-0.2, -0.15) is 0 Å². The molecular weight excluding hydrogens is 202 g/mol. The summed E-state index contributed by atoms with van der Waals surface area (Å²) in [5, 5.41) is 11.9. The third-order valence-electron chi connectivity index (χ3n) is 2.28. The fraction of sp³-hybridized carbons (Fsp3) is 0.667. The summed E-state index contributed by atoms with van der Waals surface area (Å²) in [5.41, 5.74) is 0.989. The summed E-state index contributed by atoms with van der Waals surface area (Å²) >= 11 is 0. The highest BCUT2D eigenvalue weighted by atomic mass is 16.2. The largest absolute Gasteiger partial charge is 0.396 e. The molecule has 1 aromatic rings. The fourth-order valence-electron chi connectivity index (χ4n) is 1.39. The first kappa shape index (κ1) is 12.9. The van der Waals surface area contributed by atoms with Crippen molar-refractivity contribution in [3.05, 3.63) is 17.6 Å². The monoisotopic (exact) mass is 223 g/mol. The van der Waals surface area contributed by atoms with Crippen molar-refractivity contribution >= 4 is 5.82 Å². The summed E-state index contributed by atoms with van der Waals surface area (Å²) in [5.74, 6) is 2.11. The van der Waals surface area contributed by atoms with Gasteiger partial charge in [-0.3, -0.25) is 0 Å². The predicted molar refractivity (Wildman–Crippen MR) is 65.7 cm³/mol. The first-order valence-corrected chi connectivity index (χ1v) is 5.83. The van der Waals surface area contributed by atoms with E-state index in [1.807, 2.05) is 13.0 Å². The Balaban J connectivity index is 2.58. The summed E-state index contributed by atoms with van der Waals surface area (Å²) in [6.45, 7) is 7.25. The highest BCUT2D eigenvalue weighted by Crippen LogP contribution is 2.13. The highest BCUT2D eigenvalue weighted by Gasteiger charge is 2.05. The molecule has 4 heteroatoms. The second kappa shape index (κ2) is 6.43. The molecule has 0 fully saturated rings. The zero-order chi connectivity index (χ0) is 12.0. The zero-order valence-electron chi connectivity index (χ0n) is 10.3. The van der Waals surface area contributed by atoms with Crippen LogP contribution in [0.15, 0.2) is 6.07 Å². The van der Waals surface area contributed by atoms with Crippen LogP contribution in [0.25, 0.3) is 0 Å². The Morgan fingerprint density at radius 2 is 2.06 bits per heavy atom. The number of aliphatic hydroxyl groups excluding tert-OH is 1. The van der Waals surface area contributed by atoms with E-state index in [2.05, 4.69) is 29.1 Å². The number of rotatable bonds is 6. The van der Waals surface area contributed by atoms with Crippen LogP contribution in [-0.2, 0) is 0 Å². The maximum atomic E-state index is 8.67. The molecular formula is C12H21N3O. The van der Waals surface area contributed by atoms with Crippen molar-refractivity contribution in [2.24, 2.45) is 0 Å². The molecule has 0 saturated carbocycles. The van der Waals surface area contributed by atoms with Gasteiger partial charge in [-0.15, -0.1) is 0 Å². The molecule has 1 aromatic heterocycles. The number of hydrogen-bond donors (Lipinski definition) is 2. The van der Waals surface area contributed by atoms with E-state index in [4.69, 9.17) is 5.11 Å². The van der Waals surface area contributed by atoms with E-state index < -0.39 is 0 Å². The van der Waals surface area contributed by atoms with Gasteiger partial charge in [0.05, 0.1) is 0 Å². The van der Waals surface area contributed by atoms with Crippen LogP contribution in [-0.4, -0.2) is 28.2 Å². The van der Waals surface area contributed by atoms with Crippen molar-refractivity contribution in [2.45, 2.75) is 39.5 Å². The summed E-state index contributed by atoms with van der Waals surface area (Å²) in [4.78, 5) is 8.83. The molecule has 4 nitrogen and oxygen atoms in total. The van der Waals surface area contributed by atoms with Crippen LogP contribution in [0.1, 0.15) is 44.1 Å². The number of aliphatic hydroxyl groups is 1. The third kappa shape index (κ3) is 4.14. The Labute approximate surface area is 97.1 Å². The van der Waals surface area contributed by atoms with Crippen molar-refractivity contribution in [3.63, 3.8) is 0 Å². The number of aromatic nitrogens is 2. The van der Waals surface area contributed by atoms with Gasteiger partial charge in [-0.05, 0) is 19.8 Å². The number of anilines is 1. The molecule has 0 aliphatic carbocycles. The molecule has 90 valence electrons. The van der Waals surface area contributed by atoms with Crippen molar-refractivity contribution < 1.29 is 5.11 Å². The average molecular weight is 223 g/mol. The molecule has 16 heavy (non-hydrogen) atoms. The molecule has 0 saturated heterocycles. The van der Waals surface area contributed by atoms with Crippen LogP contribution >= 0.6 is 0 Å². The zero-order valence-corrected chi connectivity index (χ0v) is 10.3. The van der Waals surface area contributed by atoms with Crippen LogP contribution < -0.4 is 5.32 Å². The van der Waals surface area contributed by atoms with Crippen molar-refractivity contribution in [1.29, 1.82) is 0 Å². The van der Waals surface area contributed by atoms with E-state index in [1.54, 1.807) is 0 Å². The number of nitrogens with one attached hydrogen (secondary N) is 1. The molecule has 0 aliphatic rings. The average Bonchev–Trinajstić information content (AvgIpc) is 2.23. The minimum absolute atomic E-state index is 0.252. The Morgan fingerprint density at radius 1 is 1.31 bits per heavy atom. The highest BCUT2D eigenvalue weighted by molar-refractivity contribution is 5.36. The topological polar surface area (TPSA) is 58.0 Å². The van der Waals surface area contributed by atoms with Crippen LogP contribution in [0.3, 0.4) is 0 Å². The Bertz CT molecular complexity index is 326. The second-order valence-electron chi connectivity index (χ2n) is 4.26. The molecule has 1 rings (SSSR count). The molecule has 1 heterocycles. The predicted octanol–water partition coefficient (Wildman–Crippen LogP) is 2.09. The minimum Gasteiger partial charge on any atom is -0.396 e. The second-order valence-corrected chi connectivity index (χ2v) is 4.26. The standard InChI is InChI=1S/C12H21N3O/c1-9(2)12-14-10(3)8-11(15-12)13-6-4-5-7-16/h8-9,16H,4-7H2,1-3H3,(H,13,14,15). The van der Waals surface area contributed by atoms with E-state index >= 15 is 0 Å². The van der Waals surface area contributed by atoms with Gasteiger partial charge in [-0.1, -0.05) is 13.8 Å². The van der Waals surface area contributed by atoms with Crippen molar-refractivity contribution in [2.75, 3.05) is 18.5 Å². The maximum Gasteiger partial charge on any atom is 0.133 e. The molecule has 0 amide bonds. The number of unbranched alkanes of at least 4 members (excludes halogenated alkanes) is 1. The Kier molecular flexibility index (Phi) is 5.19. The number of nitrogens with zero attached hydrogens (tertiary/aromatic N) is 2. The molecule has 0 spiro atoms.